The van der Waals surface area contributed by atoms with Gasteiger partial charge < -0.3 is 10.1 Å². The van der Waals surface area contributed by atoms with Crippen LogP contribution in [0.15, 0.2) is 78.9 Å². The van der Waals surface area contributed by atoms with E-state index in [0.717, 1.165) is 27.9 Å². The smallest absolute Gasteiger partial charge is 0.240 e. The summed E-state index contributed by atoms with van der Waals surface area (Å²) in [5.41, 5.74) is 5.37. The molecule has 0 spiro atoms. The van der Waals surface area contributed by atoms with Gasteiger partial charge >= 0.3 is 0 Å². The molecule has 5 rings (SSSR count). The van der Waals surface area contributed by atoms with E-state index in [1.807, 2.05) is 54.6 Å². The van der Waals surface area contributed by atoms with Crippen LogP contribution in [0.4, 0.5) is 5.82 Å². The summed E-state index contributed by atoms with van der Waals surface area (Å²) >= 11 is 8.25. The largest absolute Gasteiger partial charge is 0.385 e. The van der Waals surface area contributed by atoms with Crippen LogP contribution in [0.2, 0.25) is 5.02 Å². The second-order valence-electron chi connectivity index (χ2n) is 9.60. The zero-order valence-corrected chi connectivity index (χ0v) is 24.0. The zero-order chi connectivity index (χ0) is 28.1. The third kappa shape index (κ3) is 5.94. The van der Waals surface area contributed by atoms with Crippen molar-refractivity contribution in [2.45, 2.75) is 18.6 Å². The molecule has 9 heteroatoms. The Bertz CT molecular complexity index is 1510. The number of aromatic nitrogens is 2. The van der Waals surface area contributed by atoms with Gasteiger partial charge in [0.05, 0.1) is 27.4 Å². The van der Waals surface area contributed by atoms with Crippen molar-refractivity contribution in [3.63, 3.8) is 0 Å². The first-order chi connectivity index (χ1) is 19.5. The Labute approximate surface area is 243 Å². The minimum Gasteiger partial charge on any atom is -0.385 e. The van der Waals surface area contributed by atoms with E-state index in [1.54, 1.807) is 34.5 Å². The molecule has 0 aliphatic carbocycles. The quantitative estimate of drug-likeness (QED) is 0.255. The average molecular weight is 575 g/mol. The number of thioether (sulfide) groups is 1. The maximum absolute atomic E-state index is 13.8. The number of methoxy groups -OCH3 is 1. The molecule has 7 nitrogen and oxygen atoms in total. The van der Waals surface area contributed by atoms with Gasteiger partial charge in [0.15, 0.2) is 0 Å². The fourth-order valence-electron chi connectivity index (χ4n) is 4.86. The number of halogens is 1. The molecule has 2 heterocycles. The SMILES string of the molecule is COCCCNC(=O)CN1C(=O)CS[C@H](c2cccc(C)c2)c2c(-c3ccccc3)nn(-c3ccccc3Cl)c21. The maximum atomic E-state index is 13.8. The van der Waals surface area contributed by atoms with Gasteiger partial charge in [0.25, 0.3) is 0 Å². The lowest BCUT2D eigenvalue weighted by Gasteiger charge is -2.23. The highest BCUT2D eigenvalue weighted by Gasteiger charge is 2.38. The van der Waals surface area contributed by atoms with Gasteiger partial charge in [-0.05, 0) is 31.0 Å². The lowest BCUT2D eigenvalue weighted by Crippen LogP contribution is -2.42. The second kappa shape index (κ2) is 12.7. The predicted molar refractivity (Wildman–Crippen MR) is 161 cm³/mol. The Kier molecular flexibility index (Phi) is 8.89. The van der Waals surface area contributed by atoms with Crippen LogP contribution in [-0.4, -0.2) is 54.2 Å². The van der Waals surface area contributed by atoms with E-state index in [4.69, 9.17) is 21.4 Å². The van der Waals surface area contributed by atoms with Crippen LogP contribution in [-0.2, 0) is 14.3 Å². The van der Waals surface area contributed by atoms with Crippen molar-refractivity contribution >= 4 is 41.0 Å². The van der Waals surface area contributed by atoms with Gasteiger partial charge in [0.1, 0.15) is 12.4 Å². The summed E-state index contributed by atoms with van der Waals surface area (Å²) in [4.78, 5) is 28.5. The standard InChI is InChI=1S/C31H31ClN4O3S/c1-21-10-8-13-23(18-21)30-28-29(22-11-4-3-5-12-22)34-36(25-15-7-6-14-24(25)32)31(28)35(27(38)20-40-30)19-26(37)33-16-9-17-39-2/h3-8,10-15,18,30H,9,16-17,19-20H2,1-2H3,(H,33,37)/t30-/m1/s1. The van der Waals surface area contributed by atoms with E-state index >= 15 is 0 Å². The number of aryl methyl sites for hydroxylation is 1. The van der Waals surface area contributed by atoms with Crippen LogP contribution in [0.25, 0.3) is 16.9 Å². The molecule has 206 valence electrons. The van der Waals surface area contributed by atoms with Crippen LogP contribution in [0.1, 0.15) is 28.4 Å². The third-order valence-electron chi connectivity index (χ3n) is 6.71. The van der Waals surface area contributed by atoms with Crippen molar-refractivity contribution in [1.82, 2.24) is 15.1 Å². The highest BCUT2D eigenvalue weighted by atomic mass is 35.5. The topological polar surface area (TPSA) is 76.5 Å². The molecule has 1 N–H and O–H groups in total. The second-order valence-corrected chi connectivity index (χ2v) is 11.1. The molecule has 0 fully saturated rings. The zero-order valence-electron chi connectivity index (χ0n) is 22.5. The first-order valence-electron chi connectivity index (χ1n) is 13.2. The number of carbonyl (C=O) groups excluding carboxylic acids is 2. The summed E-state index contributed by atoms with van der Waals surface area (Å²) in [5.74, 6) is 0.352. The molecule has 0 unspecified atom stereocenters. The number of amides is 2. The summed E-state index contributed by atoms with van der Waals surface area (Å²) in [5, 5.41) is 8.31. The molecule has 1 aliphatic rings. The number of hydrogen-bond donors (Lipinski definition) is 1. The summed E-state index contributed by atoms with van der Waals surface area (Å²) in [6, 6.07) is 25.6. The van der Waals surface area contributed by atoms with Crippen LogP contribution >= 0.6 is 23.4 Å². The molecule has 3 aromatic carbocycles. The highest BCUT2D eigenvalue weighted by molar-refractivity contribution is 8.00. The minimum atomic E-state index is -0.248. The highest BCUT2D eigenvalue weighted by Crippen LogP contribution is 2.49. The molecular formula is C31H31ClN4O3S. The molecule has 4 aromatic rings. The fourth-order valence-corrected chi connectivity index (χ4v) is 6.26. The normalized spacial score (nSPS) is 15.0. The van der Waals surface area contributed by atoms with Gasteiger partial charge in [-0.3, -0.25) is 14.5 Å². The van der Waals surface area contributed by atoms with Gasteiger partial charge in [0.2, 0.25) is 11.8 Å². The van der Waals surface area contributed by atoms with Crippen molar-refractivity contribution in [3.8, 4) is 16.9 Å². The molecule has 1 aromatic heterocycles. The molecule has 1 atom stereocenters. The fraction of sp³-hybridized carbons (Fsp3) is 0.258. The summed E-state index contributed by atoms with van der Waals surface area (Å²) in [6.07, 6.45) is 0.683. The van der Waals surface area contributed by atoms with E-state index in [9.17, 15) is 9.59 Å². The lowest BCUT2D eigenvalue weighted by atomic mass is 9.98. The molecule has 1 aliphatic heterocycles. The van der Waals surface area contributed by atoms with Gasteiger partial charge in [-0.25, -0.2) is 4.68 Å². The molecule has 0 saturated heterocycles. The molecular weight excluding hydrogens is 544 g/mol. The summed E-state index contributed by atoms with van der Waals surface area (Å²) in [7, 11) is 1.63. The number of nitrogens with one attached hydrogen (secondary N) is 1. The molecule has 40 heavy (non-hydrogen) atoms. The summed E-state index contributed by atoms with van der Waals surface area (Å²) in [6.45, 7) is 2.93. The summed E-state index contributed by atoms with van der Waals surface area (Å²) < 4.78 is 6.82. The lowest BCUT2D eigenvalue weighted by molar-refractivity contribution is -0.122. The number of fused-ring (bicyclic) bond motifs is 1. The Morgan fingerprint density at radius 1 is 1.10 bits per heavy atom. The molecule has 0 radical (unpaired) electrons. The van der Waals surface area contributed by atoms with Gasteiger partial charge in [-0.2, -0.15) is 5.10 Å². The predicted octanol–water partition coefficient (Wildman–Crippen LogP) is 5.82. The Hall–Kier alpha value is -3.59. The first kappa shape index (κ1) is 28.0. The van der Waals surface area contributed by atoms with Gasteiger partial charge in [-0.1, -0.05) is 83.9 Å². The number of nitrogens with zero attached hydrogens (tertiary/aromatic N) is 3. The van der Waals surface area contributed by atoms with Crippen LogP contribution in [0, 0.1) is 6.92 Å². The van der Waals surface area contributed by atoms with E-state index in [1.165, 1.54) is 0 Å². The van der Waals surface area contributed by atoms with Crippen molar-refractivity contribution < 1.29 is 14.3 Å². The number of hydrogen-bond acceptors (Lipinski definition) is 5. The Balaban J connectivity index is 1.72. The molecule has 2 amide bonds. The minimum absolute atomic E-state index is 0.135. The van der Waals surface area contributed by atoms with Crippen LogP contribution in [0.5, 0.6) is 0 Å². The number of carbonyl (C=O) groups is 2. The van der Waals surface area contributed by atoms with Crippen LogP contribution in [0.3, 0.4) is 0 Å². The van der Waals surface area contributed by atoms with E-state index in [-0.39, 0.29) is 29.4 Å². The van der Waals surface area contributed by atoms with Crippen molar-refractivity contribution in [2.75, 3.05) is 37.5 Å². The molecule has 0 saturated carbocycles. The Morgan fingerprint density at radius 2 is 1.88 bits per heavy atom. The van der Waals surface area contributed by atoms with Crippen molar-refractivity contribution in [2.24, 2.45) is 0 Å². The number of benzene rings is 3. The number of ether oxygens (including phenoxy) is 1. The number of para-hydroxylation sites is 1. The van der Waals surface area contributed by atoms with E-state index in [0.29, 0.717) is 36.1 Å². The van der Waals surface area contributed by atoms with E-state index < -0.39 is 0 Å². The molecule has 0 bridgehead atoms. The van der Waals surface area contributed by atoms with Crippen molar-refractivity contribution in [3.05, 3.63) is 101 Å². The average Bonchev–Trinajstić information content (AvgIpc) is 3.28. The van der Waals surface area contributed by atoms with Gasteiger partial charge in [0, 0.05) is 31.4 Å². The van der Waals surface area contributed by atoms with Crippen LogP contribution < -0.4 is 10.2 Å². The monoisotopic (exact) mass is 574 g/mol. The Morgan fingerprint density at radius 3 is 2.62 bits per heavy atom. The first-order valence-corrected chi connectivity index (χ1v) is 14.6. The number of anilines is 1. The maximum Gasteiger partial charge on any atom is 0.240 e. The van der Waals surface area contributed by atoms with Crippen molar-refractivity contribution in [1.29, 1.82) is 0 Å². The third-order valence-corrected chi connectivity index (χ3v) is 8.29. The van der Waals surface area contributed by atoms with Gasteiger partial charge in [-0.15, -0.1) is 11.8 Å². The van der Waals surface area contributed by atoms with E-state index in [2.05, 4.69) is 30.4 Å². The number of rotatable bonds is 9.